The smallest absolute Gasteiger partial charge is 0.247 e. The van der Waals surface area contributed by atoms with Gasteiger partial charge in [0.05, 0.1) is 13.2 Å². The second kappa shape index (κ2) is 16.1. The lowest BCUT2D eigenvalue weighted by molar-refractivity contribution is -0.127. The van der Waals surface area contributed by atoms with Crippen LogP contribution < -0.4 is 0 Å². The van der Waals surface area contributed by atoms with Crippen molar-refractivity contribution in [2.75, 3.05) is 32.1 Å². The first kappa shape index (κ1) is 22.3. The minimum Gasteiger partial charge on any atom is -0.395 e. The first-order valence-corrected chi connectivity index (χ1v) is 10.1. The summed E-state index contributed by atoms with van der Waals surface area (Å²) < 4.78 is 11.8. The van der Waals surface area contributed by atoms with Gasteiger partial charge in [0.25, 0.3) is 0 Å². The SMILES string of the molecule is CCCCCCCCCCS(=O)C=CC(=O)N(CCO)CCO. The van der Waals surface area contributed by atoms with Crippen LogP contribution in [0.25, 0.3) is 0 Å². The number of hydrogen-bond donors (Lipinski definition) is 2. The Morgan fingerprint density at radius 1 is 0.957 bits per heavy atom. The van der Waals surface area contributed by atoms with Gasteiger partial charge in [-0.2, -0.15) is 0 Å². The maximum absolute atomic E-state index is 11.8. The molecule has 0 spiro atoms. The van der Waals surface area contributed by atoms with Crippen molar-refractivity contribution in [2.24, 2.45) is 0 Å². The number of nitrogens with zero attached hydrogens (tertiary/aromatic N) is 1. The van der Waals surface area contributed by atoms with Crippen LogP contribution in [0, 0.1) is 0 Å². The monoisotopic (exact) mass is 347 g/mol. The van der Waals surface area contributed by atoms with Crippen LogP contribution in [-0.4, -0.2) is 57.3 Å². The topological polar surface area (TPSA) is 77.8 Å². The molecule has 2 N–H and O–H groups in total. The molecule has 0 saturated heterocycles. The molecular weight excluding hydrogens is 314 g/mol. The van der Waals surface area contributed by atoms with Crippen LogP contribution in [0.4, 0.5) is 0 Å². The lowest BCUT2D eigenvalue weighted by Gasteiger charge is -2.18. The number of carbonyl (C=O) groups is 1. The molecular formula is C17H33NO4S. The highest BCUT2D eigenvalue weighted by Gasteiger charge is 2.09. The maximum atomic E-state index is 11.8. The van der Waals surface area contributed by atoms with Crippen molar-refractivity contribution < 1.29 is 19.2 Å². The summed E-state index contributed by atoms with van der Waals surface area (Å²) in [5, 5.41) is 19.2. The van der Waals surface area contributed by atoms with Crippen molar-refractivity contribution in [3.05, 3.63) is 11.5 Å². The lowest BCUT2D eigenvalue weighted by atomic mass is 10.1. The molecule has 0 heterocycles. The Kier molecular flexibility index (Phi) is 15.6. The average Bonchev–Trinajstić information content (AvgIpc) is 2.55. The number of rotatable bonds is 15. The molecule has 1 unspecified atom stereocenters. The Bertz CT molecular complexity index is 341. The standard InChI is InChI=1S/C17H33NO4S/c1-2-3-4-5-6-7-8-9-15-23(22)16-10-17(21)18(11-13-19)12-14-20/h10,16,19-20H,2-9,11-15H2,1H3. The largest absolute Gasteiger partial charge is 0.395 e. The first-order chi connectivity index (χ1) is 11.2. The fourth-order valence-corrected chi connectivity index (χ4v) is 3.15. The van der Waals surface area contributed by atoms with E-state index in [2.05, 4.69) is 6.92 Å². The van der Waals surface area contributed by atoms with Crippen molar-refractivity contribution in [2.45, 2.75) is 58.3 Å². The average molecular weight is 348 g/mol. The highest BCUT2D eigenvalue weighted by Crippen LogP contribution is 2.08. The predicted octanol–water partition coefficient (Wildman–Crippen LogP) is 2.20. The van der Waals surface area contributed by atoms with Gasteiger partial charge >= 0.3 is 0 Å². The molecule has 1 atom stereocenters. The quantitative estimate of drug-likeness (QED) is 0.352. The molecule has 0 aromatic carbocycles. The molecule has 0 aromatic rings. The normalized spacial score (nSPS) is 12.7. The highest BCUT2D eigenvalue weighted by atomic mass is 32.2. The summed E-state index contributed by atoms with van der Waals surface area (Å²) >= 11 is 0. The predicted molar refractivity (Wildman–Crippen MR) is 95.5 cm³/mol. The van der Waals surface area contributed by atoms with Crippen molar-refractivity contribution >= 4 is 16.7 Å². The van der Waals surface area contributed by atoms with E-state index in [4.69, 9.17) is 10.2 Å². The number of carbonyl (C=O) groups excluding carboxylic acids is 1. The van der Waals surface area contributed by atoms with Gasteiger partial charge in [-0.1, -0.05) is 51.9 Å². The second-order valence-corrected chi connectivity index (χ2v) is 7.08. The van der Waals surface area contributed by atoms with Gasteiger partial charge in [-0.25, -0.2) is 0 Å². The van der Waals surface area contributed by atoms with Crippen LogP contribution in [0.3, 0.4) is 0 Å². The molecule has 0 saturated carbocycles. The fraction of sp³-hybridized carbons (Fsp3) is 0.824. The molecule has 0 aliphatic heterocycles. The van der Waals surface area contributed by atoms with Crippen LogP contribution in [-0.2, 0) is 15.6 Å². The van der Waals surface area contributed by atoms with Crippen molar-refractivity contribution in [3.63, 3.8) is 0 Å². The third kappa shape index (κ3) is 13.4. The molecule has 0 aliphatic rings. The summed E-state index contributed by atoms with van der Waals surface area (Å²) in [6.45, 7) is 2.26. The number of hydrogen-bond acceptors (Lipinski definition) is 4. The third-order valence-corrected chi connectivity index (χ3v) is 4.74. The summed E-state index contributed by atoms with van der Waals surface area (Å²) in [7, 11) is -1.13. The van der Waals surface area contributed by atoms with Crippen LogP contribution >= 0.6 is 0 Å². The van der Waals surface area contributed by atoms with Crippen LogP contribution in [0.2, 0.25) is 0 Å². The third-order valence-electron chi connectivity index (χ3n) is 3.61. The van der Waals surface area contributed by atoms with Gasteiger partial charge in [0.15, 0.2) is 0 Å². The molecule has 1 amide bonds. The molecule has 136 valence electrons. The Morgan fingerprint density at radius 3 is 2.00 bits per heavy atom. The Labute approximate surface area is 143 Å². The van der Waals surface area contributed by atoms with E-state index in [0.717, 1.165) is 12.8 Å². The zero-order valence-electron chi connectivity index (χ0n) is 14.4. The maximum Gasteiger partial charge on any atom is 0.247 e. The molecule has 0 bridgehead atoms. The van der Waals surface area contributed by atoms with Gasteiger partial charge < -0.3 is 15.1 Å². The summed E-state index contributed by atoms with van der Waals surface area (Å²) in [6.07, 6.45) is 10.9. The van der Waals surface area contributed by atoms with Crippen molar-refractivity contribution in [1.29, 1.82) is 0 Å². The van der Waals surface area contributed by atoms with Crippen molar-refractivity contribution in [3.8, 4) is 0 Å². The summed E-state index contributed by atoms with van der Waals surface area (Å²) in [5.41, 5.74) is 0. The fourth-order valence-electron chi connectivity index (χ4n) is 2.26. The zero-order valence-corrected chi connectivity index (χ0v) is 15.2. The van der Waals surface area contributed by atoms with Crippen LogP contribution in [0.15, 0.2) is 11.5 Å². The van der Waals surface area contributed by atoms with Crippen molar-refractivity contribution in [1.82, 2.24) is 4.90 Å². The van der Waals surface area contributed by atoms with E-state index in [1.54, 1.807) is 0 Å². The van der Waals surface area contributed by atoms with Crippen LogP contribution in [0.5, 0.6) is 0 Å². The Hall–Kier alpha value is -0.720. The van der Waals surface area contributed by atoms with E-state index < -0.39 is 10.8 Å². The Morgan fingerprint density at radius 2 is 1.48 bits per heavy atom. The number of unbranched alkanes of at least 4 members (excludes halogenated alkanes) is 7. The second-order valence-electron chi connectivity index (χ2n) is 5.63. The first-order valence-electron chi connectivity index (χ1n) is 8.71. The number of aliphatic hydroxyl groups excluding tert-OH is 2. The lowest BCUT2D eigenvalue weighted by Crippen LogP contribution is -2.34. The van der Waals surface area contributed by atoms with E-state index in [9.17, 15) is 9.00 Å². The van der Waals surface area contributed by atoms with E-state index >= 15 is 0 Å². The minimum atomic E-state index is -1.13. The summed E-state index contributed by atoms with van der Waals surface area (Å²) in [5.74, 6) is 0.260. The van der Waals surface area contributed by atoms with E-state index in [1.807, 2.05) is 0 Å². The van der Waals surface area contributed by atoms with Gasteiger partial charge in [-0.3, -0.25) is 9.00 Å². The van der Waals surface area contributed by atoms with Crippen LogP contribution in [0.1, 0.15) is 58.3 Å². The molecule has 0 aromatic heterocycles. The summed E-state index contributed by atoms with van der Waals surface area (Å²) in [4.78, 5) is 13.1. The Balaban J connectivity index is 3.80. The molecule has 23 heavy (non-hydrogen) atoms. The van der Waals surface area contributed by atoms with Gasteiger partial charge in [-0.05, 0) is 6.42 Å². The molecule has 0 radical (unpaired) electrons. The molecule has 0 rings (SSSR count). The molecule has 6 heteroatoms. The zero-order chi connectivity index (χ0) is 17.3. The molecule has 0 aliphatic carbocycles. The van der Waals surface area contributed by atoms with Gasteiger partial charge in [0.1, 0.15) is 0 Å². The minimum absolute atomic E-state index is 0.152. The number of amides is 1. The van der Waals surface area contributed by atoms with E-state index in [0.29, 0.717) is 5.75 Å². The van der Waals surface area contributed by atoms with Gasteiger partial charge in [-0.15, -0.1) is 0 Å². The van der Waals surface area contributed by atoms with E-state index in [1.165, 1.54) is 54.9 Å². The van der Waals surface area contributed by atoms with E-state index in [-0.39, 0.29) is 32.2 Å². The molecule has 5 nitrogen and oxygen atoms in total. The molecule has 0 fully saturated rings. The van der Waals surface area contributed by atoms with Gasteiger partial charge in [0.2, 0.25) is 5.91 Å². The van der Waals surface area contributed by atoms with Gasteiger partial charge in [0, 0.05) is 41.1 Å². The number of aliphatic hydroxyl groups is 2. The highest BCUT2D eigenvalue weighted by molar-refractivity contribution is 7.87. The summed E-state index contributed by atoms with van der Waals surface area (Å²) in [6, 6.07) is 0.